The molecule has 0 bridgehead atoms. The van der Waals surface area contributed by atoms with Crippen LogP contribution in [-0.4, -0.2) is 17.0 Å². The van der Waals surface area contributed by atoms with E-state index in [4.69, 9.17) is 5.84 Å². The summed E-state index contributed by atoms with van der Waals surface area (Å²) >= 11 is 2.11. The minimum atomic E-state index is 0.523. The average Bonchev–Trinajstić information content (AvgIpc) is 2.27. The first-order chi connectivity index (χ1) is 6.83. The second-order valence-electron chi connectivity index (χ2n) is 4.17. The molecule has 1 aliphatic rings. The Hall–Kier alpha value is 0.270. The second kappa shape index (κ2) is 6.70. The maximum absolute atomic E-state index is 5.69. The van der Waals surface area contributed by atoms with Gasteiger partial charge in [0.25, 0.3) is 0 Å². The summed E-state index contributed by atoms with van der Waals surface area (Å²) in [5.41, 5.74) is 3.05. The largest absolute Gasteiger partial charge is 0.271 e. The number of hydrogen-bond acceptors (Lipinski definition) is 3. The molecule has 14 heavy (non-hydrogen) atoms. The monoisotopic (exact) mass is 216 g/mol. The zero-order chi connectivity index (χ0) is 10.4. The molecule has 0 aromatic heterocycles. The van der Waals surface area contributed by atoms with Crippen molar-refractivity contribution in [3.63, 3.8) is 0 Å². The standard InChI is InChI=1S/C11H24N2S/c1-3-9(4-2)11(13-12)10-7-5-6-8-14-10/h9-11,13H,3-8,12H2,1-2H3. The van der Waals surface area contributed by atoms with Crippen LogP contribution >= 0.6 is 11.8 Å². The van der Waals surface area contributed by atoms with Gasteiger partial charge in [0.1, 0.15) is 0 Å². The van der Waals surface area contributed by atoms with Crippen LogP contribution < -0.4 is 11.3 Å². The molecule has 0 radical (unpaired) electrons. The van der Waals surface area contributed by atoms with Gasteiger partial charge in [0.2, 0.25) is 0 Å². The number of rotatable bonds is 5. The highest BCUT2D eigenvalue weighted by Crippen LogP contribution is 2.31. The van der Waals surface area contributed by atoms with E-state index < -0.39 is 0 Å². The van der Waals surface area contributed by atoms with Crippen LogP contribution in [0.25, 0.3) is 0 Å². The number of nitrogens with two attached hydrogens (primary N) is 1. The van der Waals surface area contributed by atoms with Crippen molar-refractivity contribution >= 4 is 11.8 Å². The van der Waals surface area contributed by atoms with Gasteiger partial charge in [-0.2, -0.15) is 11.8 Å². The van der Waals surface area contributed by atoms with Crippen molar-refractivity contribution in [3.8, 4) is 0 Å². The van der Waals surface area contributed by atoms with Crippen LogP contribution in [0, 0.1) is 5.92 Å². The maximum Gasteiger partial charge on any atom is 0.0357 e. The van der Waals surface area contributed by atoms with Gasteiger partial charge >= 0.3 is 0 Å². The summed E-state index contributed by atoms with van der Waals surface area (Å²) in [4.78, 5) is 0. The lowest BCUT2D eigenvalue weighted by atomic mass is 9.90. The summed E-state index contributed by atoms with van der Waals surface area (Å²) in [7, 11) is 0. The lowest BCUT2D eigenvalue weighted by Gasteiger charge is -2.34. The van der Waals surface area contributed by atoms with Crippen LogP contribution in [0.5, 0.6) is 0 Å². The molecule has 2 nitrogen and oxygen atoms in total. The van der Waals surface area contributed by atoms with Crippen molar-refractivity contribution in [1.82, 2.24) is 5.43 Å². The molecule has 0 aliphatic carbocycles. The highest BCUT2D eigenvalue weighted by atomic mass is 32.2. The third-order valence-electron chi connectivity index (χ3n) is 3.36. The topological polar surface area (TPSA) is 38.0 Å². The van der Waals surface area contributed by atoms with E-state index in [1.165, 1.54) is 37.9 Å². The zero-order valence-corrected chi connectivity index (χ0v) is 10.3. The van der Waals surface area contributed by atoms with Gasteiger partial charge in [0.05, 0.1) is 0 Å². The Morgan fingerprint density at radius 3 is 2.50 bits per heavy atom. The van der Waals surface area contributed by atoms with Crippen molar-refractivity contribution in [2.75, 3.05) is 5.75 Å². The fraction of sp³-hybridized carbons (Fsp3) is 1.00. The van der Waals surface area contributed by atoms with E-state index in [9.17, 15) is 0 Å². The Morgan fingerprint density at radius 2 is 2.07 bits per heavy atom. The van der Waals surface area contributed by atoms with Crippen molar-refractivity contribution in [2.45, 2.75) is 57.2 Å². The van der Waals surface area contributed by atoms with Crippen LogP contribution in [0.15, 0.2) is 0 Å². The first kappa shape index (κ1) is 12.3. The Bertz CT molecular complexity index is 142. The Kier molecular flexibility index (Phi) is 5.90. The van der Waals surface area contributed by atoms with Gasteiger partial charge in [-0.05, 0) is 24.5 Å². The summed E-state index contributed by atoms with van der Waals surface area (Å²) in [6.07, 6.45) is 6.60. The minimum Gasteiger partial charge on any atom is -0.271 e. The lowest BCUT2D eigenvalue weighted by Crippen LogP contribution is -2.48. The highest BCUT2D eigenvalue weighted by molar-refractivity contribution is 8.00. The number of hydrazine groups is 1. The number of nitrogens with one attached hydrogen (secondary N) is 1. The van der Waals surface area contributed by atoms with Gasteiger partial charge < -0.3 is 0 Å². The highest BCUT2D eigenvalue weighted by Gasteiger charge is 2.28. The summed E-state index contributed by atoms with van der Waals surface area (Å²) < 4.78 is 0. The molecule has 0 aromatic carbocycles. The van der Waals surface area contributed by atoms with Crippen molar-refractivity contribution in [1.29, 1.82) is 0 Å². The normalized spacial score (nSPS) is 25.3. The van der Waals surface area contributed by atoms with E-state index in [0.717, 1.165) is 11.2 Å². The minimum absolute atomic E-state index is 0.523. The van der Waals surface area contributed by atoms with Gasteiger partial charge in [-0.1, -0.05) is 33.1 Å². The summed E-state index contributed by atoms with van der Waals surface area (Å²) in [5.74, 6) is 7.76. The first-order valence-electron chi connectivity index (χ1n) is 5.91. The van der Waals surface area contributed by atoms with Crippen molar-refractivity contribution in [2.24, 2.45) is 11.8 Å². The molecular formula is C11H24N2S. The zero-order valence-electron chi connectivity index (χ0n) is 9.46. The lowest BCUT2D eigenvalue weighted by molar-refractivity contribution is 0.318. The van der Waals surface area contributed by atoms with E-state index in [0.29, 0.717) is 6.04 Å². The van der Waals surface area contributed by atoms with E-state index in [-0.39, 0.29) is 0 Å². The van der Waals surface area contributed by atoms with Crippen LogP contribution in [0.1, 0.15) is 46.0 Å². The molecule has 1 heterocycles. The fourth-order valence-electron chi connectivity index (χ4n) is 2.39. The fourth-order valence-corrected chi connectivity index (χ4v) is 3.91. The molecule has 1 saturated heterocycles. The third kappa shape index (κ3) is 3.14. The van der Waals surface area contributed by atoms with E-state index in [1.54, 1.807) is 0 Å². The molecule has 1 aliphatic heterocycles. The smallest absolute Gasteiger partial charge is 0.0357 e. The predicted molar refractivity (Wildman–Crippen MR) is 65.3 cm³/mol. The van der Waals surface area contributed by atoms with Gasteiger partial charge in [0, 0.05) is 11.3 Å². The summed E-state index contributed by atoms with van der Waals surface area (Å²) in [6.45, 7) is 4.54. The average molecular weight is 216 g/mol. The van der Waals surface area contributed by atoms with E-state index >= 15 is 0 Å². The maximum atomic E-state index is 5.69. The molecule has 3 heteroatoms. The molecule has 2 atom stereocenters. The van der Waals surface area contributed by atoms with Gasteiger partial charge in [0.15, 0.2) is 0 Å². The Labute approximate surface area is 92.4 Å². The molecule has 0 amide bonds. The van der Waals surface area contributed by atoms with Gasteiger partial charge in [-0.15, -0.1) is 0 Å². The molecule has 0 spiro atoms. The summed E-state index contributed by atoms with van der Waals surface area (Å²) in [6, 6.07) is 0.523. The Balaban J connectivity index is 2.49. The van der Waals surface area contributed by atoms with Gasteiger partial charge in [-0.3, -0.25) is 11.3 Å². The quantitative estimate of drug-likeness (QED) is 0.548. The van der Waals surface area contributed by atoms with Crippen LogP contribution in [0.3, 0.4) is 0 Å². The SMILES string of the molecule is CCC(CC)C(NN)C1CCCCS1. The number of hydrogen-bond donors (Lipinski definition) is 2. The van der Waals surface area contributed by atoms with Crippen LogP contribution in [-0.2, 0) is 0 Å². The number of thioether (sulfide) groups is 1. The molecule has 0 saturated carbocycles. The van der Waals surface area contributed by atoms with Gasteiger partial charge in [-0.25, -0.2) is 0 Å². The molecule has 3 N–H and O–H groups in total. The predicted octanol–water partition coefficient (Wildman–Crippen LogP) is 2.54. The Morgan fingerprint density at radius 1 is 1.36 bits per heavy atom. The third-order valence-corrected chi connectivity index (χ3v) is 4.85. The van der Waals surface area contributed by atoms with Crippen LogP contribution in [0.4, 0.5) is 0 Å². The second-order valence-corrected chi connectivity index (χ2v) is 5.52. The van der Waals surface area contributed by atoms with Crippen molar-refractivity contribution < 1.29 is 0 Å². The first-order valence-corrected chi connectivity index (χ1v) is 6.96. The molecule has 0 aromatic rings. The molecular weight excluding hydrogens is 192 g/mol. The van der Waals surface area contributed by atoms with E-state index in [2.05, 4.69) is 31.0 Å². The summed E-state index contributed by atoms with van der Waals surface area (Å²) in [5, 5.41) is 0.749. The van der Waals surface area contributed by atoms with E-state index in [1.807, 2.05) is 0 Å². The molecule has 1 rings (SSSR count). The molecule has 1 fully saturated rings. The van der Waals surface area contributed by atoms with Crippen LogP contribution in [0.2, 0.25) is 0 Å². The molecule has 2 unspecified atom stereocenters. The molecule has 84 valence electrons. The van der Waals surface area contributed by atoms with Crippen molar-refractivity contribution in [3.05, 3.63) is 0 Å².